The van der Waals surface area contributed by atoms with E-state index in [1.54, 1.807) is 12.1 Å². The number of sulfone groups is 1. The Morgan fingerprint density at radius 3 is 2.55 bits per heavy atom. The molecular formula is C15H25NO3S. The zero-order valence-electron chi connectivity index (χ0n) is 12.6. The van der Waals surface area contributed by atoms with E-state index in [2.05, 4.69) is 6.92 Å². The molecule has 0 saturated heterocycles. The summed E-state index contributed by atoms with van der Waals surface area (Å²) in [6.07, 6.45) is 6.88. The third-order valence-corrected chi connectivity index (χ3v) is 4.37. The van der Waals surface area contributed by atoms with Crippen LogP contribution in [0.25, 0.3) is 0 Å². The molecular weight excluding hydrogens is 274 g/mol. The van der Waals surface area contributed by atoms with Gasteiger partial charge in [0.2, 0.25) is 0 Å². The molecule has 0 aliphatic heterocycles. The molecule has 1 rings (SSSR count). The molecule has 0 aliphatic rings. The average Bonchev–Trinajstić information content (AvgIpc) is 2.36. The molecule has 1 unspecified atom stereocenters. The minimum atomic E-state index is -3.32. The lowest BCUT2D eigenvalue weighted by Crippen LogP contribution is -2.14. The van der Waals surface area contributed by atoms with Crippen molar-refractivity contribution in [2.45, 2.75) is 57.0 Å². The Kier molecular flexibility index (Phi) is 6.33. The van der Waals surface area contributed by atoms with Crippen molar-refractivity contribution in [3.05, 3.63) is 18.2 Å². The second-order valence-corrected chi connectivity index (χ2v) is 7.20. The number of anilines is 1. The van der Waals surface area contributed by atoms with Crippen LogP contribution in [0.5, 0.6) is 5.75 Å². The van der Waals surface area contributed by atoms with Gasteiger partial charge in [-0.2, -0.15) is 0 Å². The number of para-hydroxylation sites is 1. The lowest BCUT2D eigenvalue weighted by atomic mass is 10.1. The van der Waals surface area contributed by atoms with Gasteiger partial charge in [-0.05, 0) is 31.9 Å². The predicted octanol–water partition coefficient (Wildman–Crippen LogP) is 3.41. The highest BCUT2D eigenvalue weighted by Crippen LogP contribution is 2.29. The number of hydrogen-bond acceptors (Lipinski definition) is 4. The van der Waals surface area contributed by atoms with E-state index in [1.165, 1.54) is 25.3 Å². The van der Waals surface area contributed by atoms with Crippen LogP contribution in [-0.2, 0) is 9.84 Å². The minimum absolute atomic E-state index is 0.0315. The van der Waals surface area contributed by atoms with Crippen molar-refractivity contribution < 1.29 is 13.2 Å². The number of hydrogen-bond donors (Lipinski definition) is 1. The fourth-order valence-corrected chi connectivity index (χ4v) is 2.91. The van der Waals surface area contributed by atoms with Crippen LogP contribution in [0.3, 0.4) is 0 Å². The Balaban J connectivity index is 2.69. The highest BCUT2D eigenvalue weighted by atomic mass is 32.2. The van der Waals surface area contributed by atoms with Crippen LogP contribution in [0.2, 0.25) is 0 Å². The molecule has 114 valence electrons. The van der Waals surface area contributed by atoms with E-state index in [4.69, 9.17) is 10.5 Å². The van der Waals surface area contributed by atoms with Crippen molar-refractivity contribution in [1.29, 1.82) is 0 Å². The Morgan fingerprint density at radius 2 is 1.95 bits per heavy atom. The van der Waals surface area contributed by atoms with Crippen molar-refractivity contribution in [3.63, 3.8) is 0 Å². The fourth-order valence-electron chi connectivity index (χ4n) is 2.08. The molecule has 1 atom stereocenters. The van der Waals surface area contributed by atoms with Crippen molar-refractivity contribution in [2.24, 2.45) is 0 Å². The number of benzene rings is 1. The van der Waals surface area contributed by atoms with Crippen molar-refractivity contribution in [2.75, 3.05) is 12.0 Å². The molecule has 2 N–H and O–H groups in total. The summed E-state index contributed by atoms with van der Waals surface area (Å²) in [5.41, 5.74) is 6.09. The minimum Gasteiger partial charge on any atom is -0.489 e. The monoisotopic (exact) mass is 299 g/mol. The molecule has 0 saturated carbocycles. The van der Waals surface area contributed by atoms with Crippen LogP contribution in [0.1, 0.15) is 46.0 Å². The summed E-state index contributed by atoms with van der Waals surface area (Å²) in [5.74, 6) is 0.455. The van der Waals surface area contributed by atoms with Crippen LogP contribution < -0.4 is 10.5 Å². The topological polar surface area (TPSA) is 69.4 Å². The molecule has 1 aromatic rings. The van der Waals surface area contributed by atoms with E-state index in [-0.39, 0.29) is 16.7 Å². The van der Waals surface area contributed by atoms with Crippen LogP contribution in [-0.4, -0.2) is 20.8 Å². The average molecular weight is 299 g/mol. The molecule has 1 aromatic carbocycles. The van der Waals surface area contributed by atoms with Gasteiger partial charge in [-0.25, -0.2) is 8.42 Å². The largest absolute Gasteiger partial charge is 0.489 e. The summed E-state index contributed by atoms with van der Waals surface area (Å²) in [6, 6.07) is 4.88. The standard InChI is InChI=1S/C15H25NO3S/c1-4-5-6-7-9-12(2)19-13-10-8-11-14(15(13)16)20(3,17)18/h8,10-12H,4-7,9,16H2,1-3H3. The first-order valence-electron chi connectivity index (χ1n) is 7.11. The molecule has 0 amide bonds. The van der Waals surface area contributed by atoms with Crippen molar-refractivity contribution in [3.8, 4) is 5.75 Å². The van der Waals surface area contributed by atoms with Gasteiger partial charge in [-0.15, -0.1) is 0 Å². The van der Waals surface area contributed by atoms with Gasteiger partial charge >= 0.3 is 0 Å². The van der Waals surface area contributed by atoms with Gasteiger partial charge in [-0.1, -0.05) is 32.3 Å². The van der Waals surface area contributed by atoms with E-state index in [9.17, 15) is 8.42 Å². The molecule has 0 aliphatic carbocycles. The zero-order chi connectivity index (χ0) is 15.2. The lowest BCUT2D eigenvalue weighted by Gasteiger charge is -2.17. The highest BCUT2D eigenvalue weighted by Gasteiger charge is 2.16. The molecule has 0 radical (unpaired) electrons. The van der Waals surface area contributed by atoms with E-state index in [1.807, 2.05) is 6.92 Å². The number of nitrogen functional groups attached to an aromatic ring is 1. The maximum Gasteiger partial charge on any atom is 0.177 e. The molecule has 5 heteroatoms. The maximum absolute atomic E-state index is 11.6. The van der Waals surface area contributed by atoms with E-state index >= 15 is 0 Å². The number of ether oxygens (including phenoxy) is 1. The van der Waals surface area contributed by atoms with Crippen molar-refractivity contribution in [1.82, 2.24) is 0 Å². The van der Waals surface area contributed by atoms with E-state index < -0.39 is 9.84 Å². The van der Waals surface area contributed by atoms with Gasteiger partial charge in [0.05, 0.1) is 16.7 Å². The van der Waals surface area contributed by atoms with Crippen LogP contribution in [0.4, 0.5) is 5.69 Å². The summed E-state index contributed by atoms with van der Waals surface area (Å²) in [5, 5.41) is 0. The predicted molar refractivity (Wildman–Crippen MR) is 82.8 cm³/mol. The van der Waals surface area contributed by atoms with Crippen LogP contribution in [0, 0.1) is 0 Å². The molecule has 0 heterocycles. The zero-order valence-corrected chi connectivity index (χ0v) is 13.4. The van der Waals surface area contributed by atoms with Gasteiger partial charge < -0.3 is 10.5 Å². The Hall–Kier alpha value is -1.23. The summed E-state index contributed by atoms with van der Waals surface area (Å²) < 4.78 is 29.0. The van der Waals surface area contributed by atoms with Crippen LogP contribution in [0.15, 0.2) is 23.1 Å². The first kappa shape index (κ1) is 16.8. The summed E-state index contributed by atoms with van der Waals surface area (Å²) >= 11 is 0. The summed E-state index contributed by atoms with van der Waals surface area (Å²) in [7, 11) is -3.32. The highest BCUT2D eigenvalue weighted by molar-refractivity contribution is 7.90. The SMILES string of the molecule is CCCCCCC(C)Oc1cccc(S(C)(=O)=O)c1N. The smallest absolute Gasteiger partial charge is 0.177 e. The van der Waals surface area contributed by atoms with Gasteiger partial charge in [0.15, 0.2) is 9.84 Å². The van der Waals surface area contributed by atoms with E-state index in [0.717, 1.165) is 19.1 Å². The molecule has 4 nitrogen and oxygen atoms in total. The van der Waals surface area contributed by atoms with Gasteiger partial charge in [0.1, 0.15) is 5.75 Å². The maximum atomic E-state index is 11.6. The van der Waals surface area contributed by atoms with Crippen LogP contribution >= 0.6 is 0 Å². The molecule has 0 aromatic heterocycles. The third kappa shape index (κ3) is 5.04. The Bertz CT molecular complexity index is 526. The molecule has 0 spiro atoms. The first-order valence-corrected chi connectivity index (χ1v) is 9.00. The fraction of sp³-hybridized carbons (Fsp3) is 0.600. The second-order valence-electron chi connectivity index (χ2n) is 5.22. The third-order valence-electron chi connectivity index (χ3n) is 3.22. The van der Waals surface area contributed by atoms with Gasteiger partial charge in [-0.3, -0.25) is 0 Å². The molecule has 0 fully saturated rings. The quantitative estimate of drug-likeness (QED) is 0.590. The van der Waals surface area contributed by atoms with E-state index in [0.29, 0.717) is 5.75 Å². The molecule has 20 heavy (non-hydrogen) atoms. The Labute approximate surface area is 122 Å². The number of rotatable bonds is 8. The second kappa shape index (κ2) is 7.53. The molecule has 0 bridgehead atoms. The normalized spacial score (nSPS) is 13.2. The summed E-state index contributed by atoms with van der Waals surface area (Å²) in [6.45, 7) is 4.16. The van der Waals surface area contributed by atoms with Crippen molar-refractivity contribution >= 4 is 15.5 Å². The number of unbranched alkanes of at least 4 members (excludes halogenated alkanes) is 3. The van der Waals surface area contributed by atoms with Gasteiger partial charge in [0, 0.05) is 6.26 Å². The van der Waals surface area contributed by atoms with Gasteiger partial charge in [0.25, 0.3) is 0 Å². The lowest BCUT2D eigenvalue weighted by molar-refractivity contribution is 0.207. The summed E-state index contributed by atoms with van der Waals surface area (Å²) in [4.78, 5) is 0.133. The number of nitrogens with two attached hydrogens (primary N) is 1. The Morgan fingerprint density at radius 1 is 1.25 bits per heavy atom. The first-order chi connectivity index (χ1) is 9.36.